The molecule has 20 heavy (non-hydrogen) atoms. The van der Waals surface area contributed by atoms with Gasteiger partial charge in [-0.2, -0.15) is 0 Å². The average molecular weight is 319 g/mol. The molecule has 1 aromatic rings. The van der Waals surface area contributed by atoms with Gasteiger partial charge in [-0.05, 0) is 38.7 Å². The van der Waals surface area contributed by atoms with Crippen molar-refractivity contribution in [3.05, 3.63) is 18.0 Å². The van der Waals surface area contributed by atoms with Crippen molar-refractivity contribution in [1.82, 2.24) is 9.88 Å². The number of nitrogens with zero attached hydrogens (tertiary/aromatic N) is 1. The highest BCUT2D eigenvalue weighted by molar-refractivity contribution is 8.13. The van der Waals surface area contributed by atoms with Gasteiger partial charge in [0.2, 0.25) is 0 Å². The molecule has 0 saturated heterocycles. The number of amides is 1. The Morgan fingerprint density at radius 1 is 1.55 bits per heavy atom. The molecule has 1 fully saturated rings. The first kappa shape index (κ1) is 15.4. The summed E-state index contributed by atoms with van der Waals surface area (Å²) < 4.78 is 24.6. The standard InChI is InChI=1S/C13H19ClN2O3S/c1-3-9(2)15-13(17)12-7-11(20(14,18)19)8-16(12)10-5-4-6-10/h7-10H,3-6H2,1-2H3,(H,15,17). The molecular formula is C13H19ClN2O3S. The Morgan fingerprint density at radius 2 is 2.20 bits per heavy atom. The van der Waals surface area contributed by atoms with Gasteiger partial charge in [-0.25, -0.2) is 8.42 Å². The molecule has 2 rings (SSSR count). The molecule has 0 bridgehead atoms. The Bertz CT molecular complexity index is 605. The smallest absolute Gasteiger partial charge is 0.268 e. The average Bonchev–Trinajstić information content (AvgIpc) is 2.71. The maximum Gasteiger partial charge on any atom is 0.268 e. The van der Waals surface area contributed by atoms with E-state index >= 15 is 0 Å². The van der Waals surface area contributed by atoms with E-state index in [0.29, 0.717) is 5.69 Å². The van der Waals surface area contributed by atoms with Gasteiger partial charge in [0.15, 0.2) is 0 Å². The first-order valence-corrected chi connectivity index (χ1v) is 9.11. The van der Waals surface area contributed by atoms with Crippen molar-refractivity contribution in [1.29, 1.82) is 0 Å². The molecule has 1 heterocycles. The van der Waals surface area contributed by atoms with Crippen LogP contribution in [0.5, 0.6) is 0 Å². The molecule has 1 amide bonds. The molecule has 5 nitrogen and oxygen atoms in total. The minimum absolute atomic E-state index is 0.0135. The number of rotatable bonds is 5. The predicted molar refractivity (Wildman–Crippen MR) is 77.6 cm³/mol. The minimum Gasteiger partial charge on any atom is -0.348 e. The molecule has 1 aromatic heterocycles. The van der Waals surface area contributed by atoms with Crippen molar-refractivity contribution in [2.24, 2.45) is 0 Å². The lowest BCUT2D eigenvalue weighted by Crippen LogP contribution is -2.34. The van der Waals surface area contributed by atoms with Gasteiger partial charge < -0.3 is 9.88 Å². The van der Waals surface area contributed by atoms with E-state index in [1.807, 2.05) is 13.8 Å². The second-order valence-electron chi connectivity index (χ2n) is 5.27. The monoisotopic (exact) mass is 318 g/mol. The predicted octanol–water partition coefficient (Wildman–Crippen LogP) is 2.67. The van der Waals surface area contributed by atoms with Gasteiger partial charge >= 0.3 is 0 Å². The van der Waals surface area contributed by atoms with Crippen LogP contribution in [0, 0.1) is 0 Å². The molecule has 1 atom stereocenters. The normalized spacial score (nSPS) is 17.6. The fourth-order valence-corrected chi connectivity index (χ4v) is 2.88. The first-order chi connectivity index (χ1) is 9.32. The van der Waals surface area contributed by atoms with Crippen LogP contribution in [0.3, 0.4) is 0 Å². The summed E-state index contributed by atoms with van der Waals surface area (Å²) in [6.45, 7) is 3.89. The zero-order valence-electron chi connectivity index (χ0n) is 11.6. The van der Waals surface area contributed by atoms with Gasteiger partial charge in [0, 0.05) is 29.0 Å². The molecule has 0 spiro atoms. The van der Waals surface area contributed by atoms with E-state index < -0.39 is 9.05 Å². The Morgan fingerprint density at radius 3 is 2.65 bits per heavy atom. The van der Waals surface area contributed by atoms with E-state index in [1.165, 1.54) is 12.3 Å². The Balaban J connectivity index is 2.34. The summed E-state index contributed by atoms with van der Waals surface area (Å²) in [6, 6.07) is 1.60. The van der Waals surface area contributed by atoms with Crippen LogP contribution >= 0.6 is 10.7 Å². The van der Waals surface area contributed by atoms with Crippen LogP contribution in [0.1, 0.15) is 56.1 Å². The van der Waals surface area contributed by atoms with E-state index in [4.69, 9.17) is 10.7 Å². The lowest BCUT2D eigenvalue weighted by atomic mass is 9.93. The quantitative estimate of drug-likeness (QED) is 0.849. The molecule has 0 aromatic carbocycles. The van der Waals surface area contributed by atoms with Gasteiger partial charge in [0.05, 0.1) is 0 Å². The van der Waals surface area contributed by atoms with Crippen molar-refractivity contribution in [3.63, 3.8) is 0 Å². The van der Waals surface area contributed by atoms with Crippen molar-refractivity contribution in [2.75, 3.05) is 0 Å². The third-order valence-corrected chi connectivity index (χ3v) is 5.12. The van der Waals surface area contributed by atoms with Crippen LogP contribution < -0.4 is 5.32 Å². The first-order valence-electron chi connectivity index (χ1n) is 6.80. The highest BCUT2D eigenvalue weighted by atomic mass is 35.7. The minimum atomic E-state index is -3.82. The third-order valence-electron chi connectivity index (χ3n) is 3.80. The van der Waals surface area contributed by atoms with Crippen molar-refractivity contribution >= 4 is 25.6 Å². The number of carbonyl (C=O) groups is 1. The summed E-state index contributed by atoms with van der Waals surface area (Å²) in [5.41, 5.74) is 0.370. The fraction of sp³-hybridized carbons (Fsp3) is 0.615. The number of aromatic nitrogens is 1. The number of nitrogens with one attached hydrogen (secondary N) is 1. The summed E-state index contributed by atoms with van der Waals surface area (Å²) in [5.74, 6) is -0.252. The van der Waals surface area contributed by atoms with Crippen LogP contribution in [0.2, 0.25) is 0 Å². The Labute approximate surface area is 123 Å². The Hall–Kier alpha value is -1.01. The zero-order chi connectivity index (χ0) is 14.9. The largest absolute Gasteiger partial charge is 0.348 e. The summed E-state index contributed by atoms with van der Waals surface area (Å²) in [4.78, 5) is 12.2. The number of hydrogen-bond acceptors (Lipinski definition) is 3. The molecule has 7 heteroatoms. The van der Waals surface area contributed by atoms with Crippen LogP contribution in [-0.2, 0) is 9.05 Å². The third kappa shape index (κ3) is 3.17. The highest BCUT2D eigenvalue weighted by Crippen LogP contribution is 2.34. The van der Waals surface area contributed by atoms with Crippen LogP contribution in [-0.4, -0.2) is 24.9 Å². The van der Waals surface area contributed by atoms with Gasteiger partial charge in [-0.1, -0.05) is 6.92 Å². The molecule has 0 radical (unpaired) electrons. The van der Waals surface area contributed by atoms with Crippen molar-refractivity contribution in [3.8, 4) is 0 Å². The molecular weight excluding hydrogens is 300 g/mol. The molecule has 1 aliphatic rings. The summed E-state index contributed by atoms with van der Waals surface area (Å²) in [7, 11) is 1.56. The topological polar surface area (TPSA) is 68.2 Å². The van der Waals surface area contributed by atoms with Gasteiger partial charge in [0.25, 0.3) is 15.0 Å². The maximum atomic E-state index is 12.2. The van der Waals surface area contributed by atoms with Crippen LogP contribution in [0.15, 0.2) is 17.2 Å². The summed E-state index contributed by atoms with van der Waals surface area (Å²) >= 11 is 0. The lowest BCUT2D eigenvalue weighted by Gasteiger charge is -2.29. The molecule has 1 unspecified atom stereocenters. The summed E-state index contributed by atoms with van der Waals surface area (Å²) in [6.07, 6.45) is 5.30. The number of carbonyl (C=O) groups excluding carboxylic acids is 1. The van der Waals surface area contributed by atoms with Gasteiger partial charge in [0.1, 0.15) is 10.6 Å². The SMILES string of the molecule is CCC(C)NC(=O)c1cc(S(=O)(=O)Cl)cn1C1CCC1. The Kier molecular flexibility index (Phi) is 4.44. The molecule has 1 aliphatic carbocycles. The van der Waals surface area contributed by atoms with Crippen molar-refractivity contribution < 1.29 is 13.2 Å². The van der Waals surface area contributed by atoms with E-state index in [-0.39, 0.29) is 22.9 Å². The van der Waals surface area contributed by atoms with E-state index in [2.05, 4.69) is 5.32 Å². The summed E-state index contributed by atoms with van der Waals surface area (Å²) in [5, 5.41) is 2.86. The van der Waals surface area contributed by atoms with E-state index in [1.54, 1.807) is 4.57 Å². The molecule has 1 N–H and O–H groups in total. The van der Waals surface area contributed by atoms with Crippen molar-refractivity contribution in [2.45, 2.75) is 56.5 Å². The van der Waals surface area contributed by atoms with Gasteiger partial charge in [-0.15, -0.1) is 0 Å². The molecule has 0 aliphatic heterocycles. The second-order valence-corrected chi connectivity index (χ2v) is 7.84. The highest BCUT2D eigenvalue weighted by Gasteiger charge is 2.27. The van der Waals surface area contributed by atoms with Crippen LogP contribution in [0.25, 0.3) is 0 Å². The van der Waals surface area contributed by atoms with Crippen LogP contribution in [0.4, 0.5) is 0 Å². The molecule has 112 valence electrons. The molecule has 1 saturated carbocycles. The number of halogens is 1. The van der Waals surface area contributed by atoms with E-state index in [0.717, 1.165) is 25.7 Å². The van der Waals surface area contributed by atoms with Gasteiger partial charge in [-0.3, -0.25) is 4.79 Å². The lowest BCUT2D eigenvalue weighted by molar-refractivity contribution is 0.0924. The zero-order valence-corrected chi connectivity index (χ0v) is 13.2. The fourth-order valence-electron chi connectivity index (χ4n) is 2.14. The second kappa shape index (κ2) is 5.77. The van der Waals surface area contributed by atoms with E-state index in [9.17, 15) is 13.2 Å². The maximum absolute atomic E-state index is 12.2. The number of hydrogen-bond donors (Lipinski definition) is 1.